The molecule has 0 radical (unpaired) electrons. The molecular formula is C31H28F2N8O3S. The first-order chi connectivity index (χ1) is 21.7. The van der Waals surface area contributed by atoms with Gasteiger partial charge in [-0.15, -0.1) is 11.3 Å². The molecule has 0 spiro atoms. The molecule has 11 nitrogen and oxygen atoms in total. The van der Waals surface area contributed by atoms with Gasteiger partial charge in [0.25, 0.3) is 0 Å². The Morgan fingerprint density at radius 2 is 1.98 bits per heavy atom. The van der Waals surface area contributed by atoms with Crippen molar-refractivity contribution in [3.05, 3.63) is 64.3 Å². The molecule has 2 aliphatic rings. The highest BCUT2D eigenvalue weighted by Crippen LogP contribution is 2.39. The lowest BCUT2D eigenvalue weighted by Crippen LogP contribution is -2.53. The number of hydrogen-bond donors (Lipinski definition) is 2. The second-order valence-electron chi connectivity index (χ2n) is 11.3. The van der Waals surface area contributed by atoms with Crippen LogP contribution in [0.25, 0.3) is 32.5 Å². The summed E-state index contributed by atoms with van der Waals surface area (Å²) in [6.45, 7) is 3.03. The molecule has 1 amide bonds. The Kier molecular flexibility index (Phi) is 7.29. The summed E-state index contributed by atoms with van der Waals surface area (Å²) < 4.78 is 37.4. The van der Waals surface area contributed by atoms with Crippen molar-refractivity contribution in [1.82, 2.24) is 30.0 Å². The second kappa shape index (κ2) is 11.3. The Morgan fingerprint density at radius 3 is 2.69 bits per heavy atom. The molecule has 2 saturated heterocycles. The van der Waals surface area contributed by atoms with E-state index in [1.165, 1.54) is 6.07 Å². The van der Waals surface area contributed by atoms with Gasteiger partial charge in [0.2, 0.25) is 5.95 Å². The Morgan fingerprint density at radius 1 is 1.16 bits per heavy atom. The van der Waals surface area contributed by atoms with Crippen molar-refractivity contribution >= 4 is 44.6 Å². The van der Waals surface area contributed by atoms with Crippen molar-refractivity contribution < 1.29 is 23.4 Å². The van der Waals surface area contributed by atoms with E-state index < -0.39 is 23.3 Å². The Bertz CT molecular complexity index is 1990. The fourth-order valence-corrected chi connectivity index (χ4v) is 7.25. The first-order valence-electron chi connectivity index (χ1n) is 14.7. The summed E-state index contributed by atoms with van der Waals surface area (Å²) in [6, 6.07) is 11.3. The minimum Gasteiger partial charge on any atom is -0.465 e. The van der Waals surface area contributed by atoms with Crippen molar-refractivity contribution in [3.8, 4) is 17.3 Å². The zero-order valence-electron chi connectivity index (χ0n) is 24.3. The van der Waals surface area contributed by atoms with Crippen molar-refractivity contribution in [1.29, 1.82) is 5.26 Å². The van der Waals surface area contributed by atoms with E-state index in [1.807, 2.05) is 30.0 Å². The van der Waals surface area contributed by atoms with Crippen LogP contribution in [0, 0.1) is 29.9 Å². The largest absolute Gasteiger partial charge is 0.465 e. The number of nitriles is 1. The highest BCUT2D eigenvalue weighted by atomic mass is 32.1. The van der Waals surface area contributed by atoms with Gasteiger partial charge in [0, 0.05) is 36.9 Å². The lowest BCUT2D eigenvalue weighted by molar-refractivity contribution is -0.0368. The van der Waals surface area contributed by atoms with E-state index in [1.54, 1.807) is 16.0 Å². The molecule has 5 aromatic rings. The third-order valence-electron chi connectivity index (χ3n) is 8.54. The number of hydrogen-bond acceptors (Lipinski definition) is 9. The minimum absolute atomic E-state index is 0.0744. The van der Waals surface area contributed by atoms with Crippen molar-refractivity contribution in [2.45, 2.75) is 50.8 Å². The monoisotopic (exact) mass is 630 g/mol. The molecule has 0 bridgehead atoms. The average molecular weight is 631 g/mol. The second-order valence-corrected chi connectivity index (χ2v) is 12.6. The quantitative estimate of drug-likeness (QED) is 0.238. The molecule has 45 heavy (non-hydrogen) atoms. The number of benzene rings is 2. The maximum absolute atomic E-state index is 14.9. The zero-order valence-corrected chi connectivity index (χ0v) is 25.1. The van der Waals surface area contributed by atoms with Gasteiger partial charge in [-0.05, 0) is 57.2 Å². The van der Waals surface area contributed by atoms with Crippen LogP contribution in [0.2, 0.25) is 0 Å². The fourth-order valence-electron chi connectivity index (χ4n) is 6.39. The van der Waals surface area contributed by atoms with Gasteiger partial charge in [0.15, 0.2) is 17.6 Å². The first kappa shape index (κ1) is 29.0. The number of anilines is 1. The topological polar surface area (TPSA) is 142 Å². The third kappa shape index (κ3) is 5.21. The first-order valence-corrected chi connectivity index (χ1v) is 15.5. The fraction of sp³-hybridized carbons (Fsp3) is 0.355. The van der Waals surface area contributed by atoms with Gasteiger partial charge >= 0.3 is 6.09 Å². The van der Waals surface area contributed by atoms with Crippen LogP contribution in [0.15, 0.2) is 36.4 Å². The van der Waals surface area contributed by atoms with E-state index in [0.717, 1.165) is 52.2 Å². The summed E-state index contributed by atoms with van der Waals surface area (Å²) in [6.07, 6.45) is 1.29. The smallest absolute Gasteiger partial charge is 0.405 e. The molecule has 2 fully saturated rings. The molecule has 1 unspecified atom stereocenters. The number of rotatable bonds is 5. The van der Waals surface area contributed by atoms with Crippen LogP contribution < -0.4 is 10.2 Å². The van der Waals surface area contributed by atoms with Crippen LogP contribution in [-0.2, 0) is 10.3 Å². The molecule has 7 rings (SSSR count). The van der Waals surface area contributed by atoms with E-state index in [-0.39, 0.29) is 49.4 Å². The molecule has 1 atom stereocenters. The number of thiazole rings is 1. The van der Waals surface area contributed by atoms with Gasteiger partial charge in [-0.3, -0.25) is 0 Å². The lowest BCUT2D eigenvalue weighted by Gasteiger charge is -2.42. The zero-order chi connectivity index (χ0) is 31.3. The van der Waals surface area contributed by atoms with Crippen molar-refractivity contribution in [3.63, 3.8) is 0 Å². The molecule has 0 saturated carbocycles. The standard InChI is InChI=1S/C31H28F2N8O3S/c1-17-35-22-8-5-18(14-24(22)45-17)27-26-23(16-34)36-29(37-28(26)41(39-27)25-4-2-3-13-44-25)40-11-9-31(10-12-40,38-30(42)43)20-7-6-19(32)15-21(20)33/h5-8,14-15,25,38H,2-4,9-13H2,1H3,(H,42,43). The highest BCUT2D eigenvalue weighted by molar-refractivity contribution is 7.18. The highest BCUT2D eigenvalue weighted by Gasteiger charge is 2.41. The van der Waals surface area contributed by atoms with Gasteiger partial charge in [-0.2, -0.15) is 15.3 Å². The molecule has 3 aromatic heterocycles. The summed E-state index contributed by atoms with van der Waals surface area (Å²) in [5.74, 6) is -1.29. The molecular weight excluding hydrogens is 602 g/mol. The lowest BCUT2D eigenvalue weighted by atomic mass is 9.80. The molecule has 14 heteroatoms. The molecule has 2 N–H and O–H groups in total. The van der Waals surface area contributed by atoms with Gasteiger partial charge in [0.05, 0.1) is 26.1 Å². The van der Waals surface area contributed by atoms with Crippen molar-refractivity contribution in [2.75, 3.05) is 24.6 Å². The molecule has 5 heterocycles. The van der Waals surface area contributed by atoms with Crippen LogP contribution in [-0.4, -0.2) is 55.6 Å². The van der Waals surface area contributed by atoms with Crippen LogP contribution in [0.4, 0.5) is 19.5 Å². The number of carbonyl (C=O) groups is 1. The van der Waals surface area contributed by atoms with Crippen LogP contribution in [0.3, 0.4) is 0 Å². The number of piperidine rings is 1. The van der Waals surface area contributed by atoms with Crippen molar-refractivity contribution in [2.24, 2.45) is 0 Å². The normalized spacial score (nSPS) is 18.3. The third-order valence-corrected chi connectivity index (χ3v) is 9.47. The van der Waals surface area contributed by atoms with Gasteiger partial charge in [0.1, 0.15) is 23.4 Å². The van der Waals surface area contributed by atoms with Crippen LogP contribution >= 0.6 is 11.3 Å². The Hall–Kier alpha value is -4.74. The maximum Gasteiger partial charge on any atom is 0.405 e. The Labute approximate surface area is 260 Å². The van der Waals surface area contributed by atoms with E-state index in [0.29, 0.717) is 23.3 Å². The summed E-state index contributed by atoms with van der Waals surface area (Å²) in [5, 5.41) is 28.8. The number of ether oxygens (including phenoxy) is 1. The molecule has 2 aliphatic heterocycles. The molecule has 230 valence electrons. The summed E-state index contributed by atoms with van der Waals surface area (Å²) >= 11 is 1.58. The summed E-state index contributed by atoms with van der Waals surface area (Å²) in [5.41, 5.74) is 1.68. The van der Waals surface area contributed by atoms with E-state index in [2.05, 4.69) is 21.4 Å². The van der Waals surface area contributed by atoms with E-state index in [4.69, 9.17) is 14.8 Å². The number of fused-ring (bicyclic) bond motifs is 2. The number of nitrogens with zero attached hydrogens (tertiary/aromatic N) is 7. The van der Waals surface area contributed by atoms with Gasteiger partial charge in [-0.1, -0.05) is 12.1 Å². The summed E-state index contributed by atoms with van der Waals surface area (Å²) in [7, 11) is 0. The number of carboxylic acid groups (broad SMARTS) is 1. The maximum atomic E-state index is 14.9. The molecule has 2 aromatic carbocycles. The van der Waals surface area contributed by atoms with Gasteiger partial charge < -0.3 is 20.1 Å². The van der Waals surface area contributed by atoms with E-state index >= 15 is 0 Å². The van der Waals surface area contributed by atoms with Crippen LogP contribution in [0.5, 0.6) is 0 Å². The number of aromatic nitrogens is 5. The number of amides is 1. The number of halogens is 2. The predicted octanol–water partition coefficient (Wildman–Crippen LogP) is 6.02. The van der Waals surface area contributed by atoms with Crippen LogP contribution in [0.1, 0.15) is 54.6 Å². The minimum atomic E-state index is -1.31. The van der Waals surface area contributed by atoms with Gasteiger partial charge in [-0.25, -0.2) is 28.2 Å². The molecule has 0 aliphatic carbocycles. The Balaban J connectivity index is 1.30. The summed E-state index contributed by atoms with van der Waals surface area (Å²) in [4.78, 5) is 27.8. The average Bonchev–Trinajstić information content (AvgIpc) is 3.60. The predicted molar refractivity (Wildman–Crippen MR) is 163 cm³/mol. The number of nitrogens with one attached hydrogen (secondary N) is 1. The van der Waals surface area contributed by atoms with E-state index in [9.17, 15) is 23.9 Å². The SMILES string of the molecule is Cc1nc2ccc(-c3nn(C4CCCCO4)c4nc(N5CCC(NC(=O)O)(c6ccc(F)cc6F)CC5)nc(C#N)c34)cc2s1. The number of aryl methyl sites for hydroxylation is 1.